The standard InChI is InChI=1S/C13H18BrNO2/c1-3-4-8(2)12(13(16)17)10-7-9(14)5-6-11(10)15/h5-8,12H,3-4,15H2,1-2H3,(H,16,17). The van der Waals surface area contributed by atoms with Gasteiger partial charge in [-0.2, -0.15) is 0 Å². The van der Waals surface area contributed by atoms with Gasteiger partial charge in [0.25, 0.3) is 0 Å². The Morgan fingerprint density at radius 3 is 2.71 bits per heavy atom. The van der Waals surface area contributed by atoms with Crippen LogP contribution in [0.3, 0.4) is 0 Å². The van der Waals surface area contributed by atoms with Crippen molar-refractivity contribution in [3.05, 3.63) is 28.2 Å². The molecule has 0 spiro atoms. The topological polar surface area (TPSA) is 63.3 Å². The molecule has 0 aromatic heterocycles. The lowest BCUT2D eigenvalue weighted by Crippen LogP contribution is -2.20. The van der Waals surface area contributed by atoms with E-state index in [1.165, 1.54) is 0 Å². The number of benzene rings is 1. The normalized spacial score (nSPS) is 14.3. The van der Waals surface area contributed by atoms with Gasteiger partial charge in [-0.3, -0.25) is 4.79 Å². The predicted molar refractivity (Wildman–Crippen MR) is 73.0 cm³/mol. The first-order chi connectivity index (χ1) is 7.97. The highest BCUT2D eigenvalue weighted by molar-refractivity contribution is 9.10. The molecule has 0 aliphatic rings. The molecule has 2 atom stereocenters. The van der Waals surface area contributed by atoms with Crippen molar-refractivity contribution in [1.82, 2.24) is 0 Å². The summed E-state index contributed by atoms with van der Waals surface area (Å²) in [5, 5.41) is 9.37. The van der Waals surface area contributed by atoms with Gasteiger partial charge in [-0.25, -0.2) is 0 Å². The van der Waals surface area contributed by atoms with Crippen LogP contribution in [0.15, 0.2) is 22.7 Å². The van der Waals surface area contributed by atoms with Gasteiger partial charge in [-0.1, -0.05) is 36.2 Å². The van der Waals surface area contributed by atoms with Crippen LogP contribution in [0.25, 0.3) is 0 Å². The second-order valence-corrected chi connectivity index (χ2v) is 5.27. The molecule has 1 aromatic rings. The Hall–Kier alpha value is -1.03. The molecular weight excluding hydrogens is 282 g/mol. The minimum atomic E-state index is -0.809. The summed E-state index contributed by atoms with van der Waals surface area (Å²) in [7, 11) is 0. The third-order valence-electron chi connectivity index (χ3n) is 2.96. The zero-order valence-corrected chi connectivity index (χ0v) is 11.7. The molecule has 4 heteroatoms. The quantitative estimate of drug-likeness (QED) is 0.816. The molecule has 0 saturated heterocycles. The van der Waals surface area contributed by atoms with Crippen LogP contribution >= 0.6 is 15.9 Å². The van der Waals surface area contributed by atoms with Gasteiger partial charge in [0.2, 0.25) is 0 Å². The first kappa shape index (κ1) is 14.0. The molecular formula is C13H18BrNO2. The minimum absolute atomic E-state index is 0.0779. The van der Waals surface area contributed by atoms with Crippen molar-refractivity contribution in [3.63, 3.8) is 0 Å². The maximum Gasteiger partial charge on any atom is 0.311 e. The van der Waals surface area contributed by atoms with Gasteiger partial charge in [-0.05, 0) is 36.1 Å². The van der Waals surface area contributed by atoms with Crippen LogP contribution in [0.5, 0.6) is 0 Å². The molecule has 1 aromatic carbocycles. The van der Waals surface area contributed by atoms with Gasteiger partial charge in [-0.15, -0.1) is 0 Å². The lowest BCUT2D eigenvalue weighted by molar-refractivity contribution is -0.140. The maximum atomic E-state index is 11.4. The predicted octanol–water partition coefficient (Wildman–Crippen LogP) is 3.64. The molecule has 0 aliphatic heterocycles. The molecule has 0 aliphatic carbocycles. The zero-order chi connectivity index (χ0) is 13.0. The molecule has 0 fully saturated rings. The van der Waals surface area contributed by atoms with Crippen LogP contribution in [0.1, 0.15) is 38.2 Å². The number of carboxylic acids is 1. The smallest absolute Gasteiger partial charge is 0.311 e. The highest BCUT2D eigenvalue weighted by Gasteiger charge is 2.27. The molecule has 0 saturated carbocycles. The summed E-state index contributed by atoms with van der Waals surface area (Å²) in [5.41, 5.74) is 7.12. The average Bonchev–Trinajstić information content (AvgIpc) is 2.23. The first-order valence-electron chi connectivity index (χ1n) is 5.75. The number of hydrogen-bond donors (Lipinski definition) is 2. The van der Waals surface area contributed by atoms with Gasteiger partial charge >= 0.3 is 5.97 Å². The Morgan fingerprint density at radius 1 is 1.53 bits per heavy atom. The van der Waals surface area contributed by atoms with E-state index in [1.807, 2.05) is 13.0 Å². The van der Waals surface area contributed by atoms with Gasteiger partial charge in [0.05, 0.1) is 5.92 Å². The minimum Gasteiger partial charge on any atom is -0.481 e. The summed E-state index contributed by atoms with van der Waals surface area (Å²) in [6.45, 7) is 4.02. The summed E-state index contributed by atoms with van der Waals surface area (Å²) in [6, 6.07) is 5.37. The van der Waals surface area contributed by atoms with Crippen molar-refractivity contribution in [3.8, 4) is 0 Å². The summed E-state index contributed by atoms with van der Waals surface area (Å²) in [5.74, 6) is -1.27. The maximum absolute atomic E-state index is 11.4. The first-order valence-corrected chi connectivity index (χ1v) is 6.54. The number of carbonyl (C=O) groups is 1. The van der Waals surface area contributed by atoms with Crippen LogP contribution in [0.4, 0.5) is 5.69 Å². The van der Waals surface area contributed by atoms with Crippen LogP contribution in [0, 0.1) is 5.92 Å². The van der Waals surface area contributed by atoms with E-state index in [9.17, 15) is 9.90 Å². The molecule has 2 unspecified atom stereocenters. The highest BCUT2D eigenvalue weighted by atomic mass is 79.9. The summed E-state index contributed by atoms with van der Waals surface area (Å²) < 4.78 is 0.858. The van der Waals surface area contributed by atoms with E-state index < -0.39 is 11.9 Å². The largest absolute Gasteiger partial charge is 0.481 e. The Morgan fingerprint density at radius 2 is 2.18 bits per heavy atom. The highest BCUT2D eigenvalue weighted by Crippen LogP contribution is 2.33. The summed E-state index contributed by atoms with van der Waals surface area (Å²) in [6.07, 6.45) is 1.85. The molecule has 1 rings (SSSR count). The van der Waals surface area contributed by atoms with Crippen LogP contribution in [-0.2, 0) is 4.79 Å². The summed E-state index contributed by atoms with van der Waals surface area (Å²) >= 11 is 3.35. The van der Waals surface area contributed by atoms with Crippen molar-refractivity contribution < 1.29 is 9.90 Å². The van der Waals surface area contributed by atoms with E-state index in [2.05, 4.69) is 22.9 Å². The fraction of sp³-hybridized carbons (Fsp3) is 0.462. The van der Waals surface area contributed by atoms with E-state index in [0.29, 0.717) is 11.3 Å². The number of anilines is 1. The molecule has 17 heavy (non-hydrogen) atoms. The Kier molecular flexibility index (Phi) is 5.00. The average molecular weight is 300 g/mol. The third kappa shape index (κ3) is 3.46. The third-order valence-corrected chi connectivity index (χ3v) is 3.46. The fourth-order valence-corrected chi connectivity index (χ4v) is 2.50. The zero-order valence-electron chi connectivity index (χ0n) is 10.1. The Balaban J connectivity index is 3.13. The van der Waals surface area contributed by atoms with Gasteiger partial charge in [0.15, 0.2) is 0 Å². The lowest BCUT2D eigenvalue weighted by atomic mass is 9.84. The van der Waals surface area contributed by atoms with Crippen LogP contribution in [-0.4, -0.2) is 11.1 Å². The molecule has 0 amide bonds. The van der Waals surface area contributed by atoms with Crippen molar-refractivity contribution in [1.29, 1.82) is 0 Å². The molecule has 0 bridgehead atoms. The van der Waals surface area contributed by atoms with Crippen LogP contribution in [0.2, 0.25) is 0 Å². The SMILES string of the molecule is CCCC(C)C(C(=O)O)c1cc(Br)ccc1N. The molecule has 0 radical (unpaired) electrons. The van der Waals surface area contributed by atoms with Gasteiger partial charge in [0, 0.05) is 10.2 Å². The molecule has 3 N–H and O–H groups in total. The number of nitrogen functional groups attached to an aromatic ring is 1. The fourth-order valence-electron chi connectivity index (χ4n) is 2.12. The Bertz CT molecular complexity index is 406. The van der Waals surface area contributed by atoms with Crippen molar-refractivity contribution >= 4 is 27.6 Å². The lowest BCUT2D eigenvalue weighted by Gasteiger charge is -2.21. The number of carboxylic acid groups (broad SMARTS) is 1. The second kappa shape index (κ2) is 6.05. The van der Waals surface area contributed by atoms with E-state index in [1.54, 1.807) is 12.1 Å². The van der Waals surface area contributed by atoms with Gasteiger partial charge < -0.3 is 10.8 Å². The van der Waals surface area contributed by atoms with Crippen molar-refractivity contribution in [2.24, 2.45) is 5.92 Å². The molecule has 3 nitrogen and oxygen atoms in total. The van der Waals surface area contributed by atoms with E-state index in [-0.39, 0.29) is 5.92 Å². The van der Waals surface area contributed by atoms with E-state index >= 15 is 0 Å². The molecule has 0 heterocycles. The summed E-state index contributed by atoms with van der Waals surface area (Å²) in [4.78, 5) is 11.4. The number of aliphatic carboxylic acids is 1. The monoisotopic (exact) mass is 299 g/mol. The van der Waals surface area contributed by atoms with Crippen molar-refractivity contribution in [2.75, 3.05) is 5.73 Å². The number of hydrogen-bond acceptors (Lipinski definition) is 2. The Labute approximate surface area is 110 Å². The van der Waals surface area contributed by atoms with Crippen LogP contribution < -0.4 is 5.73 Å². The second-order valence-electron chi connectivity index (χ2n) is 4.36. The number of rotatable bonds is 5. The van der Waals surface area contributed by atoms with Crippen molar-refractivity contribution in [2.45, 2.75) is 32.6 Å². The molecule has 94 valence electrons. The number of nitrogens with two attached hydrogens (primary N) is 1. The van der Waals surface area contributed by atoms with E-state index in [0.717, 1.165) is 17.3 Å². The number of halogens is 1. The van der Waals surface area contributed by atoms with E-state index in [4.69, 9.17) is 5.73 Å². The van der Waals surface area contributed by atoms with Gasteiger partial charge in [0.1, 0.15) is 0 Å².